The number of esters is 1. The van der Waals surface area contributed by atoms with Gasteiger partial charge in [0.05, 0.1) is 47.1 Å². The van der Waals surface area contributed by atoms with E-state index in [1.54, 1.807) is 41.1 Å². The zero-order chi connectivity index (χ0) is 20.3. The average Bonchev–Trinajstić information content (AvgIpc) is 3.03. The Bertz CT molecular complexity index is 1030. The van der Waals surface area contributed by atoms with Crippen LogP contribution >= 0.6 is 23.2 Å². The van der Waals surface area contributed by atoms with E-state index in [0.29, 0.717) is 33.4 Å². The highest BCUT2D eigenvalue weighted by molar-refractivity contribution is 6.42. The third kappa shape index (κ3) is 4.40. The normalized spacial score (nSPS) is 10.7. The minimum absolute atomic E-state index is 0.110. The lowest BCUT2D eigenvalue weighted by atomic mass is 10.0. The van der Waals surface area contributed by atoms with Gasteiger partial charge in [-0.05, 0) is 36.8 Å². The molecule has 0 aliphatic carbocycles. The summed E-state index contributed by atoms with van der Waals surface area (Å²) in [5.74, 6) is -0.554. The Morgan fingerprint density at radius 2 is 1.71 bits per heavy atom. The van der Waals surface area contributed by atoms with E-state index in [4.69, 9.17) is 23.2 Å². The van der Waals surface area contributed by atoms with Crippen LogP contribution in [0.2, 0.25) is 10.0 Å². The predicted molar refractivity (Wildman–Crippen MR) is 106 cm³/mol. The molecule has 1 aromatic heterocycles. The van der Waals surface area contributed by atoms with E-state index in [0.717, 1.165) is 11.3 Å². The van der Waals surface area contributed by atoms with Gasteiger partial charge in [0.25, 0.3) is 0 Å². The number of rotatable bonds is 6. The number of halogens is 2. The van der Waals surface area contributed by atoms with Crippen molar-refractivity contribution in [3.05, 3.63) is 80.6 Å². The molecule has 28 heavy (non-hydrogen) atoms. The van der Waals surface area contributed by atoms with Gasteiger partial charge in [-0.2, -0.15) is 0 Å². The standard InChI is InChI=1S/C20H17Cl2N3O3/c1-12-18(10-19(26)14-4-6-15(7-5-14)20(27)28-2)23-24-25(12)11-13-3-8-16(21)17(22)9-13/h3-9H,10-11H2,1-2H3. The minimum Gasteiger partial charge on any atom is -0.465 e. The molecule has 0 spiro atoms. The number of carbonyl (C=O) groups excluding carboxylic acids is 2. The van der Waals surface area contributed by atoms with E-state index in [1.165, 1.54) is 7.11 Å². The van der Waals surface area contributed by atoms with Crippen molar-refractivity contribution < 1.29 is 14.3 Å². The maximum absolute atomic E-state index is 12.5. The van der Waals surface area contributed by atoms with Gasteiger partial charge in [0.1, 0.15) is 0 Å². The molecule has 0 amide bonds. The molecule has 0 fully saturated rings. The molecule has 0 saturated heterocycles. The number of carbonyl (C=O) groups is 2. The van der Waals surface area contributed by atoms with Gasteiger partial charge in [0.2, 0.25) is 0 Å². The van der Waals surface area contributed by atoms with Gasteiger partial charge < -0.3 is 4.74 Å². The number of ether oxygens (including phenoxy) is 1. The molecule has 1 heterocycles. The predicted octanol–water partition coefficient (Wildman–Crippen LogP) is 4.15. The number of hydrogen-bond donors (Lipinski definition) is 0. The average molecular weight is 418 g/mol. The Morgan fingerprint density at radius 3 is 2.36 bits per heavy atom. The summed E-state index contributed by atoms with van der Waals surface area (Å²) >= 11 is 12.0. The molecule has 0 aliphatic heterocycles. The SMILES string of the molecule is COC(=O)c1ccc(C(=O)Cc2nnn(Cc3ccc(Cl)c(Cl)c3)c2C)cc1. The van der Waals surface area contributed by atoms with Crippen LogP contribution in [0.15, 0.2) is 42.5 Å². The van der Waals surface area contributed by atoms with E-state index in [1.807, 2.05) is 13.0 Å². The highest BCUT2D eigenvalue weighted by atomic mass is 35.5. The summed E-state index contributed by atoms with van der Waals surface area (Å²) in [5.41, 5.74) is 3.21. The van der Waals surface area contributed by atoms with E-state index in [-0.39, 0.29) is 12.2 Å². The quantitative estimate of drug-likeness (QED) is 0.444. The summed E-state index contributed by atoms with van der Waals surface area (Å²) in [4.78, 5) is 24.0. The lowest BCUT2D eigenvalue weighted by Crippen LogP contribution is -2.08. The summed E-state index contributed by atoms with van der Waals surface area (Å²) in [6, 6.07) is 11.7. The molecule has 0 bridgehead atoms. The van der Waals surface area contributed by atoms with Gasteiger partial charge in [-0.1, -0.05) is 46.6 Å². The lowest BCUT2D eigenvalue weighted by molar-refractivity contribution is 0.0600. The molecule has 8 heteroatoms. The number of benzene rings is 2. The summed E-state index contributed by atoms with van der Waals surface area (Å²) in [6.45, 7) is 2.33. The van der Waals surface area contributed by atoms with Crippen molar-refractivity contribution >= 4 is 35.0 Å². The Kier molecular flexibility index (Phi) is 6.11. The molecular weight excluding hydrogens is 401 g/mol. The van der Waals surface area contributed by atoms with Crippen LogP contribution in [0.3, 0.4) is 0 Å². The first kappa shape index (κ1) is 20.0. The van der Waals surface area contributed by atoms with Crippen LogP contribution in [0.25, 0.3) is 0 Å². The second-order valence-electron chi connectivity index (χ2n) is 6.20. The van der Waals surface area contributed by atoms with E-state index in [2.05, 4.69) is 15.0 Å². The van der Waals surface area contributed by atoms with Crippen LogP contribution < -0.4 is 0 Å². The molecule has 0 unspecified atom stereocenters. The number of methoxy groups -OCH3 is 1. The first-order valence-electron chi connectivity index (χ1n) is 8.43. The van der Waals surface area contributed by atoms with Crippen molar-refractivity contribution in [1.29, 1.82) is 0 Å². The maximum Gasteiger partial charge on any atom is 0.337 e. The van der Waals surface area contributed by atoms with Crippen LogP contribution in [-0.2, 0) is 17.7 Å². The Morgan fingerprint density at radius 1 is 1.04 bits per heavy atom. The molecule has 0 saturated carbocycles. The maximum atomic E-state index is 12.5. The van der Waals surface area contributed by atoms with E-state index >= 15 is 0 Å². The fraction of sp³-hybridized carbons (Fsp3) is 0.200. The lowest BCUT2D eigenvalue weighted by Gasteiger charge is -2.06. The van der Waals surface area contributed by atoms with Crippen molar-refractivity contribution in [2.75, 3.05) is 7.11 Å². The first-order chi connectivity index (χ1) is 13.4. The molecule has 3 aromatic rings. The number of ketones is 1. The highest BCUT2D eigenvalue weighted by Gasteiger charge is 2.15. The Hall–Kier alpha value is -2.70. The van der Waals surface area contributed by atoms with Gasteiger partial charge in [-0.25, -0.2) is 9.48 Å². The van der Waals surface area contributed by atoms with Crippen molar-refractivity contribution in [1.82, 2.24) is 15.0 Å². The molecule has 0 N–H and O–H groups in total. The smallest absolute Gasteiger partial charge is 0.337 e. The van der Waals surface area contributed by atoms with Crippen molar-refractivity contribution in [3.8, 4) is 0 Å². The van der Waals surface area contributed by atoms with Crippen LogP contribution in [-0.4, -0.2) is 33.9 Å². The van der Waals surface area contributed by atoms with Gasteiger partial charge in [0.15, 0.2) is 5.78 Å². The molecule has 2 aromatic carbocycles. The zero-order valence-corrected chi connectivity index (χ0v) is 16.8. The van der Waals surface area contributed by atoms with Crippen molar-refractivity contribution in [2.45, 2.75) is 19.9 Å². The second-order valence-corrected chi connectivity index (χ2v) is 7.01. The van der Waals surface area contributed by atoms with Crippen molar-refractivity contribution in [2.24, 2.45) is 0 Å². The van der Waals surface area contributed by atoms with Gasteiger partial charge in [0, 0.05) is 5.56 Å². The first-order valence-corrected chi connectivity index (χ1v) is 9.19. The molecule has 0 aliphatic rings. The molecule has 144 valence electrons. The number of hydrogen-bond acceptors (Lipinski definition) is 5. The largest absolute Gasteiger partial charge is 0.465 e. The fourth-order valence-corrected chi connectivity index (χ4v) is 3.01. The minimum atomic E-state index is -0.444. The summed E-state index contributed by atoms with van der Waals surface area (Å²) < 4.78 is 6.36. The summed E-state index contributed by atoms with van der Waals surface area (Å²) in [5, 5.41) is 9.24. The van der Waals surface area contributed by atoms with Crippen LogP contribution in [0.5, 0.6) is 0 Å². The van der Waals surface area contributed by atoms with Gasteiger partial charge in [-0.3, -0.25) is 4.79 Å². The number of aromatic nitrogens is 3. The molecule has 6 nitrogen and oxygen atoms in total. The monoisotopic (exact) mass is 417 g/mol. The molecule has 3 rings (SSSR count). The van der Waals surface area contributed by atoms with E-state index < -0.39 is 5.97 Å². The van der Waals surface area contributed by atoms with Gasteiger partial charge >= 0.3 is 5.97 Å². The molecule has 0 radical (unpaired) electrons. The topological polar surface area (TPSA) is 74.1 Å². The molecule has 0 atom stereocenters. The third-order valence-electron chi connectivity index (χ3n) is 4.35. The Labute approximate surface area is 172 Å². The van der Waals surface area contributed by atoms with Crippen LogP contribution in [0.4, 0.5) is 0 Å². The van der Waals surface area contributed by atoms with Crippen LogP contribution in [0.1, 0.15) is 37.7 Å². The fourth-order valence-electron chi connectivity index (χ4n) is 2.68. The summed E-state index contributed by atoms with van der Waals surface area (Å²) in [7, 11) is 1.31. The third-order valence-corrected chi connectivity index (χ3v) is 5.09. The Balaban J connectivity index is 1.72. The number of Topliss-reactive ketones (excluding diaryl/α,β-unsaturated/α-hetero) is 1. The van der Waals surface area contributed by atoms with E-state index in [9.17, 15) is 9.59 Å². The summed E-state index contributed by atoms with van der Waals surface area (Å²) in [6.07, 6.45) is 0.116. The highest BCUT2D eigenvalue weighted by Crippen LogP contribution is 2.23. The second kappa shape index (κ2) is 8.54. The van der Waals surface area contributed by atoms with Gasteiger partial charge in [-0.15, -0.1) is 5.10 Å². The molecular formula is C20H17Cl2N3O3. The van der Waals surface area contributed by atoms with Crippen LogP contribution in [0, 0.1) is 6.92 Å². The zero-order valence-electron chi connectivity index (χ0n) is 15.3. The van der Waals surface area contributed by atoms with Crippen molar-refractivity contribution in [3.63, 3.8) is 0 Å². The number of nitrogens with zero attached hydrogens (tertiary/aromatic N) is 3.